The summed E-state index contributed by atoms with van der Waals surface area (Å²) in [6.45, 7) is 6.48. The van der Waals surface area contributed by atoms with Gasteiger partial charge in [0.05, 0.1) is 0 Å². The van der Waals surface area contributed by atoms with E-state index in [1.54, 1.807) is 0 Å². The van der Waals surface area contributed by atoms with Gasteiger partial charge in [0.15, 0.2) is 5.78 Å². The number of halogens is 2. The molecule has 0 atom stereocenters. The van der Waals surface area contributed by atoms with E-state index in [1.165, 1.54) is 5.56 Å². The van der Waals surface area contributed by atoms with Crippen LogP contribution in [0.15, 0.2) is 51.4 Å². The first kappa shape index (κ1) is 15.5. The van der Waals surface area contributed by atoms with Gasteiger partial charge in [0.1, 0.15) is 0 Å². The number of carbonyl (C=O) groups excluding carboxylic acids is 1. The van der Waals surface area contributed by atoms with Gasteiger partial charge in [0.25, 0.3) is 0 Å². The van der Waals surface area contributed by atoms with Crippen LogP contribution in [0.2, 0.25) is 0 Å². The van der Waals surface area contributed by atoms with Crippen molar-refractivity contribution in [3.63, 3.8) is 0 Å². The zero-order valence-electron chi connectivity index (χ0n) is 11.7. The van der Waals surface area contributed by atoms with Crippen molar-refractivity contribution in [1.29, 1.82) is 0 Å². The van der Waals surface area contributed by atoms with E-state index < -0.39 is 0 Å². The second kappa shape index (κ2) is 5.82. The highest BCUT2D eigenvalue weighted by atomic mass is 79.9. The highest BCUT2D eigenvalue weighted by Gasteiger charge is 2.16. The van der Waals surface area contributed by atoms with Gasteiger partial charge in [-0.25, -0.2) is 0 Å². The Morgan fingerprint density at radius 2 is 1.55 bits per heavy atom. The van der Waals surface area contributed by atoms with E-state index in [-0.39, 0.29) is 11.2 Å². The van der Waals surface area contributed by atoms with E-state index in [1.807, 2.05) is 42.5 Å². The van der Waals surface area contributed by atoms with E-state index in [9.17, 15) is 4.79 Å². The molecule has 0 aromatic heterocycles. The number of benzene rings is 2. The lowest BCUT2D eigenvalue weighted by atomic mass is 9.86. The predicted molar refractivity (Wildman–Crippen MR) is 90.4 cm³/mol. The highest BCUT2D eigenvalue weighted by molar-refractivity contribution is 9.11. The molecule has 20 heavy (non-hydrogen) atoms. The molecule has 0 bridgehead atoms. The molecule has 104 valence electrons. The van der Waals surface area contributed by atoms with Crippen molar-refractivity contribution in [3.05, 3.63) is 68.1 Å². The van der Waals surface area contributed by atoms with Gasteiger partial charge in [0, 0.05) is 20.1 Å². The van der Waals surface area contributed by atoms with Crippen LogP contribution in [0.25, 0.3) is 0 Å². The van der Waals surface area contributed by atoms with E-state index >= 15 is 0 Å². The summed E-state index contributed by atoms with van der Waals surface area (Å²) < 4.78 is 1.71. The molecule has 2 aromatic rings. The molecule has 2 aromatic carbocycles. The molecule has 0 heterocycles. The lowest BCUT2D eigenvalue weighted by Gasteiger charge is -2.19. The summed E-state index contributed by atoms with van der Waals surface area (Å²) in [5.41, 5.74) is 2.69. The summed E-state index contributed by atoms with van der Waals surface area (Å²) in [6.07, 6.45) is 0. The Balaban J connectivity index is 2.37. The second-order valence-electron chi connectivity index (χ2n) is 5.78. The zero-order chi connectivity index (χ0) is 14.9. The van der Waals surface area contributed by atoms with Crippen LogP contribution in [-0.4, -0.2) is 5.78 Å². The molecule has 3 heteroatoms. The number of rotatable bonds is 2. The molecule has 0 saturated carbocycles. The molecule has 0 aliphatic carbocycles. The van der Waals surface area contributed by atoms with Gasteiger partial charge in [0.2, 0.25) is 0 Å². The third-order valence-corrected chi connectivity index (χ3v) is 4.37. The Morgan fingerprint density at radius 1 is 0.950 bits per heavy atom. The van der Waals surface area contributed by atoms with Gasteiger partial charge in [-0.1, -0.05) is 76.9 Å². The standard InChI is InChI=1S/C17H16Br2O/c1-17(2,3)12-6-4-11(5-7-12)16(20)14-10-13(18)8-9-15(14)19/h4-10H,1-3H3. The van der Waals surface area contributed by atoms with Crippen LogP contribution in [-0.2, 0) is 5.41 Å². The Kier molecular flexibility index (Phi) is 4.50. The van der Waals surface area contributed by atoms with Crippen LogP contribution >= 0.6 is 31.9 Å². The van der Waals surface area contributed by atoms with Crippen molar-refractivity contribution < 1.29 is 4.79 Å². The van der Waals surface area contributed by atoms with Crippen molar-refractivity contribution in [2.75, 3.05) is 0 Å². The normalized spacial score (nSPS) is 11.4. The minimum Gasteiger partial charge on any atom is -0.289 e. The number of carbonyl (C=O) groups is 1. The Hall–Kier alpha value is -0.930. The van der Waals surface area contributed by atoms with Gasteiger partial charge in [-0.3, -0.25) is 4.79 Å². The van der Waals surface area contributed by atoms with Crippen LogP contribution in [0.1, 0.15) is 42.3 Å². The number of ketones is 1. The Morgan fingerprint density at radius 3 is 2.10 bits per heavy atom. The predicted octanol–water partition coefficient (Wildman–Crippen LogP) is 5.74. The maximum Gasteiger partial charge on any atom is 0.194 e. The molecule has 0 unspecified atom stereocenters. The number of hydrogen-bond donors (Lipinski definition) is 0. The van der Waals surface area contributed by atoms with E-state index in [0.29, 0.717) is 11.1 Å². The van der Waals surface area contributed by atoms with Crippen molar-refractivity contribution in [3.8, 4) is 0 Å². The third-order valence-electron chi connectivity index (χ3n) is 3.19. The summed E-state index contributed by atoms with van der Waals surface area (Å²) in [4.78, 5) is 12.5. The molecular formula is C17H16Br2O. The summed E-state index contributed by atoms with van der Waals surface area (Å²) in [5, 5.41) is 0. The average Bonchev–Trinajstić information content (AvgIpc) is 2.40. The highest BCUT2D eigenvalue weighted by Crippen LogP contribution is 2.26. The lowest BCUT2D eigenvalue weighted by molar-refractivity contribution is 0.103. The van der Waals surface area contributed by atoms with Gasteiger partial charge >= 0.3 is 0 Å². The maximum atomic E-state index is 12.5. The largest absolute Gasteiger partial charge is 0.289 e. The van der Waals surface area contributed by atoms with Crippen LogP contribution in [0, 0.1) is 0 Å². The molecule has 2 rings (SSSR count). The van der Waals surface area contributed by atoms with E-state index in [2.05, 4.69) is 52.6 Å². The molecule has 0 spiro atoms. The molecule has 0 aliphatic heterocycles. The van der Waals surface area contributed by atoms with Crippen molar-refractivity contribution >= 4 is 37.6 Å². The van der Waals surface area contributed by atoms with Crippen LogP contribution in [0.3, 0.4) is 0 Å². The summed E-state index contributed by atoms with van der Waals surface area (Å²) in [6, 6.07) is 13.5. The smallest absolute Gasteiger partial charge is 0.194 e. The summed E-state index contributed by atoms with van der Waals surface area (Å²) in [5.74, 6) is 0.0265. The Labute approximate surface area is 136 Å². The fourth-order valence-electron chi connectivity index (χ4n) is 1.95. The van der Waals surface area contributed by atoms with Gasteiger partial charge in [-0.05, 0) is 29.2 Å². The van der Waals surface area contributed by atoms with Crippen LogP contribution < -0.4 is 0 Å². The lowest BCUT2D eigenvalue weighted by Crippen LogP contribution is -2.11. The van der Waals surface area contributed by atoms with Crippen molar-refractivity contribution in [1.82, 2.24) is 0 Å². The van der Waals surface area contributed by atoms with Gasteiger partial charge in [-0.15, -0.1) is 0 Å². The SMILES string of the molecule is CC(C)(C)c1ccc(C(=O)c2cc(Br)ccc2Br)cc1. The zero-order valence-corrected chi connectivity index (χ0v) is 14.9. The molecule has 0 radical (unpaired) electrons. The Bertz CT molecular complexity index is 637. The summed E-state index contributed by atoms with van der Waals surface area (Å²) in [7, 11) is 0. The number of hydrogen-bond acceptors (Lipinski definition) is 1. The second-order valence-corrected chi connectivity index (χ2v) is 7.55. The fourth-order valence-corrected chi connectivity index (χ4v) is 2.74. The molecule has 0 aliphatic rings. The minimum atomic E-state index is 0.0265. The molecule has 0 fully saturated rings. The fraction of sp³-hybridized carbons (Fsp3) is 0.235. The summed E-state index contributed by atoms with van der Waals surface area (Å²) >= 11 is 6.83. The van der Waals surface area contributed by atoms with E-state index in [0.717, 1.165) is 8.95 Å². The molecular weight excluding hydrogens is 380 g/mol. The molecule has 1 nitrogen and oxygen atoms in total. The molecule has 0 saturated heterocycles. The quantitative estimate of drug-likeness (QED) is 0.592. The average molecular weight is 396 g/mol. The van der Waals surface area contributed by atoms with Crippen LogP contribution in [0.5, 0.6) is 0 Å². The monoisotopic (exact) mass is 394 g/mol. The van der Waals surface area contributed by atoms with E-state index in [4.69, 9.17) is 0 Å². The third kappa shape index (κ3) is 3.39. The van der Waals surface area contributed by atoms with Crippen LogP contribution in [0.4, 0.5) is 0 Å². The van der Waals surface area contributed by atoms with Crippen molar-refractivity contribution in [2.24, 2.45) is 0 Å². The van der Waals surface area contributed by atoms with Crippen molar-refractivity contribution in [2.45, 2.75) is 26.2 Å². The first-order chi connectivity index (χ1) is 9.29. The minimum absolute atomic E-state index is 0.0265. The molecule has 0 amide bonds. The van der Waals surface area contributed by atoms with Gasteiger partial charge in [-0.2, -0.15) is 0 Å². The molecule has 0 N–H and O–H groups in total. The topological polar surface area (TPSA) is 17.1 Å². The first-order valence-corrected chi connectivity index (χ1v) is 7.98. The first-order valence-electron chi connectivity index (χ1n) is 6.39. The van der Waals surface area contributed by atoms with Gasteiger partial charge < -0.3 is 0 Å². The maximum absolute atomic E-state index is 12.5.